The molecule has 0 amide bonds. The molecule has 0 aliphatic rings. The molecule has 0 aliphatic carbocycles. The van der Waals surface area contributed by atoms with Crippen molar-refractivity contribution < 1.29 is 4.74 Å². The predicted octanol–water partition coefficient (Wildman–Crippen LogP) is 3.03. The molecule has 0 aromatic heterocycles. The lowest BCUT2D eigenvalue weighted by Gasteiger charge is -2.17. The second-order valence-electron chi connectivity index (χ2n) is 3.73. The second kappa shape index (κ2) is 6.11. The van der Waals surface area contributed by atoms with E-state index in [1.165, 1.54) is 5.56 Å². The molecule has 0 saturated heterocycles. The minimum absolute atomic E-state index is 0.228. The van der Waals surface area contributed by atoms with Gasteiger partial charge in [-0.05, 0) is 31.5 Å². The van der Waals surface area contributed by atoms with Crippen molar-refractivity contribution in [2.45, 2.75) is 26.0 Å². The average Bonchev–Trinajstić information content (AvgIpc) is 2.25. The van der Waals surface area contributed by atoms with Crippen LogP contribution in [0.1, 0.15) is 25.5 Å². The molecule has 1 N–H and O–H groups in total. The molecule has 0 saturated carbocycles. The normalized spacial score (nSPS) is 14.9. The molecule has 1 aromatic rings. The molecular formula is C12H18ClNO. The van der Waals surface area contributed by atoms with Crippen LogP contribution < -0.4 is 5.32 Å². The molecule has 3 heteroatoms. The maximum absolute atomic E-state index is 5.93. The fourth-order valence-corrected chi connectivity index (χ4v) is 1.52. The zero-order chi connectivity index (χ0) is 11.3. The Hall–Kier alpha value is -0.570. The molecule has 15 heavy (non-hydrogen) atoms. The quantitative estimate of drug-likeness (QED) is 0.835. The fourth-order valence-electron chi connectivity index (χ4n) is 1.32. The van der Waals surface area contributed by atoms with Crippen molar-refractivity contribution in [1.82, 2.24) is 5.32 Å². The fraction of sp³-hybridized carbons (Fsp3) is 0.500. The van der Waals surface area contributed by atoms with Gasteiger partial charge < -0.3 is 10.1 Å². The van der Waals surface area contributed by atoms with Gasteiger partial charge in [0, 0.05) is 24.7 Å². The summed E-state index contributed by atoms with van der Waals surface area (Å²) in [5, 5.41) is 4.17. The molecule has 0 radical (unpaired) electrons. The van der Waals surface area contributed by atoms with Gasteiger partial charge >= 0.3 is 0 Å². The lowest BCUT2D eigenvalue weighted by Crippen LogP contribution is -2.28. The van der Waals surface area contributed by atoms with E-state index in [1.807, 2.05) is 25.1 Å². The Bertz CT molecular complexity index is 303. The number of benzene rings is 1. The first-order chi connectivity index (χ1) is 7.13. The molecule has 84 valence electrons. The van der Waals surface area contributed by atoms with Gasteiger partial charge in [0.1, 0.15) is 0 Å². The number of nitrogens with one attached hydrogen (secondary N) is 1. The SMILES string of the molecule is COC(C)CN[C@H](C)c1cccc(Cl)c1. The van der Waals surface area contributed by atoms with Gasteiger partial charge in [-0.1, -0.05) is 23.7 Å². The van der Waals surface area contributed by atoms with Crippen LogP contribution in [0.5, 0.6) is 0 Å². The summed E-state index contributed by atoms with van der Waals surface area (Å²) in [5.74, 6) is 0. The highest BCUT2D eigenvalue weighted by molar-refractivity contribution is 6.30. The predicted molar refractivity (Wildman–Crippen MR) is 64.3 cm³/mol. The molecule has 2 atom stereocenters. The van der Waals surface area contributed by atoms with Gasteiger partial charge in [-0.25, -0.2) is 0 Å². The van der Waals surface area contributed by atoms with Gasteiger partial charge in [0.2, 0.25) is 0 Å². The summed E-state index contributed by atoms with van der Waals surface area (Å²) >= 11 is 5.93. The highest BCUT2D eigenvalue weighted by Crippen LogP contribution is 2.17. The van der Waals surface area contributed by atoms with E-state index < -0.39 is 0 Å². The van der Waals surface area contributed by atoms with Crippen molar-refractivity contribution in [2.75, 3.05) is 13.7 Å². The summed E-state index contributed by atoms with van der Waals surface area (Å²) in [7, 11) is 1.72. The van der Waals surface area contributed by atoms with Crippen molar-refractivity contribution in [3.05, 3.63) is 34.9 Å². The van der Waals surface area contributed by atoms with Crippen LogP contribution in [0.25, 0.3) is 0 Å². The monoisotopic (exact) mass is 227 g/mol. The van der Waals surface area contributed by atoms with E-state index in [0.717, 1.165) is 11.6 Å². The topological polar surface area (TPSA) is 21.3 Å². The average molecular weight is 228 g/mol. The summed E-state index contributed by atoms with van der Waals surface area (Å²) in [4.78, 5) is 0. The van der Waals surface area contributed by atoms with E-state index in [0.29, 0.717) is 6.04 Å². The molecule has 1 rings (SSSR count). The van der Waals surface area contributed by atoms with Crippen LogP contribution in [0.4, 0.5) is 0 Å². The molecule has 0 fully saturated rings. The van der Waals surface area contributed by atoms with Crippen molar-refractivity contribution >= 4 is 11.6 Å². The van der Waals surface area contributed by atoms with Gasteiger partial charge in [-0.3, -0.25) is 0 Å². The van der Waals surface area contributed by atoms with E-state index in [1.54, 1.807) is 7.11 Å². The maximum Gasteiger partial charge on any atom is 0.0667 e. The maximum atomic E-state index is 5.93. The third-order valence-electron chi connectivity index (χ3n) is 2.46. The van der Waals surface area contributed by atoms with Gasteiger partial charge in [0.25, 0.3) is 0 Å². The van der Waals surface area contributed by atoms with Crippen molar-refractivity contribution in [3.63, 3.8) is 0 Å². The van der Waals surface area contributed by atoms with Crippen molar-refractivity contribution in [1.29, 1.82) is 0 Å². The number of methoxy groups -OCH3 is 1. The first-order valence-electron chi connectivity index (χ1n) is 5.15. The smallest absolute Gasteiger partial charge is 0.0667 e. The van der Waals surface area contributed by atoms with Crippen LogP contribution in [0.2, 0.25) is 5.02 Å². The molecule has 1 unspecified atom stereocenters. The Morgan fingerprint density at radius 2 is 2.13 bits per heavy atom. The number of rotatable bonds is 5. The van der Waals surface area contributed by atoms with Crippen LogP contribution in [0.3, 0.4) is 0 Å². The van der Waals surface area contributed by atoms with E-state index in [2.05, 4.69) is 18.3 Å². The standard InChI is InChI=1S/C12H18ClNO/c1-9(15-3)8-14-10(2)11-5-4-6-12(13)7-11/h4-7,9-10,14H,8H2,1-3H3/t9?,10-/m1/s1. The molecular weight excluding hydrogens is 210 g/mol. The van der Waals surface area contributed by atoms with Crippen LogP contribution in [0.15, 0.2) is 24.3 Å². The molecule has 0 heterocycles. The van der Waals surface area contributed by atoms with E-state index >= 15 is 0 Å². The molecule has 2 nitrogen and oxygen atoms in total. The Morgan fingerprint density at radius 1 is 1.40 bits per heavy atom. The van der Waals surface area contributed by atoms with Crippen molar-refractivity contribution in [3.8, 4) is 0 Å². The van der Waals surface area contributed by atoms with Gasteiger partial charge in [-0.2, -0.15) is 0 Å². The highest BCUT2D eigenvalue weighted by atomic mass is 35.5. The summed E-state index contributed by atoms with van der Waals surface area (Å²) in [6.07, 6.45) is 0.228. The zero-order valence-electron chi connectivity index (χ0n) is 9.46. The number of hydrogen-bond acceptors (Lipinski definition) is 2. The minimum Gasteiger partial charge on any atom is -0.380 e. The van der Waals surface area contributed by atoms with Gasteiger partial charge in [-0.15, -0.1) is 0 Å². The minimum atomic E-state index is 0.228. The summed E-state index contributed by atoms with van der Waals surface area (Å²) in [6.45, 7) is 5.00. The Kier molecular flexibility index (Phi) is 5.09. The first kappa shape index (κ1) is 12.5. The van der Waals surface area contributed by atoms with E-state index in [9.17, 15) is 0 Å². The molecule has 0 spiro atoms. The van der Waals surface area contributed by atoms with E-state index in [-0.39, 0.29) is 6.10 Å². The van der Waals surface area contributed by atoms with Crippen LogP contribution in [-0.2, 0) is 4.74 Å². The highest BCUT2D eigenvalue weighted by Gasteiger charge is 2.06. The summed E-state index contributed by atoms with van der Waals surface area (Å²) in [5.41, 5.74) is 1.20. The van der Waals surface area contributed by atoms with Gasteiger partial charge in [0.15, 0.2) is 0 Å². The van der Waals surface area contributed by atoms with Crippen molar-refractivity contribution in [2.24, 2.45) is 0 Å². The number of ether oxygens (including phenoxy) is 1. The van der Waals surface area contributed by atoms with Crippen LogP contribution in [-0.4, -0.2) is 19.8 Å². The Balaban J connectivity index is 2.50. The second-order valence-corrected chi connectivity index (χ2v) is 4.17. The Morgan fingerprint density at radius 3 is 2.73 bits per heavy atom. The lowest BCUT2D eigenvalue weighted by atomic mass is 10.1. The lowest BCUT2D eigenvalue weighted by molar-refractivity contribution is 0.115. The summed E-state index contributed by atoms with van der Waals surface area (Å²) in [6, 6.07) is 8.20. The Labute approximate surface area is 96.6 Å². The largest absolute Gasteiger partial charge is 0.380 e. The first-order valence-corrected chi connectivity index (χ1v) is 5.53. The van der Waals surface area contributed by atoms with Crippen LogP contribution >= 0.6 is 11.6 Å². The zero-order valence-corrected chi connectivity index (χ0v) is 10.2. The van der Waals surface area contributed by atoms with E-state index in [4.69, 9.17) is 16.3 Å². The number of hydrogen-bond donors (Lipinski definition) is 1. The molecule has 1 aromatic carbocycles. The van der Waals surface area contributed by atoms with Crippen LogP contribution in [0, 0.1) is 0 Å². The molecule has 0 bridgehead atoms. The number of halogens is 1. The summed E-state index contributed by atoms with van der Waals surface area (Å²) < 4.78 is 5.17. The molecule has 0 aliphatic heterocycles. The third-order valence-corrected chi connectivity index (χ3v) is 2.70. The van der Waals surface area contributed by atoms with Gasteiger partial charge in [0.05, 0.1) is 6.10 Å². The third kappa shape index (κ3) is 4.20.